The Kier molecular flexibility index (Phi) is 7.28. The molecule has 0 radical (unpaired) electrons. The minimum absolute atomic E-state index is 0.126. The summed E-state index contributed by atoms with van der Waals surface area (Å²) in [6.07, 6.45) is 2.57. The minimum Gasteiger partial charge on any atom is -0.493 e. The number of amides is 2. The first-order valence-electron chi connectivity index (χ1n) is 9.65. The van der Waals surface area contributed by atoms with E-state index in [1.807, 2.05) is 0 Å². The molecule has 0 aliphatic carbocycles. The van der Waals surface area contributed by atoms with Crippen molar-refractivity contribution < 1.29 is 33.5 Å². The Morgan fingerprint density at radius 1 is 1.27 bits per heavy atom. The van der Waals surface area contributed by atoms with E-state index in [1.165, 1.54) is 32.2 Å². The molecular formula is C21H19N3O8S. The number of nitro groups is 1. The van der Waals surface area contributed by atoms with Crippen LogP contribution in [0.2, 0.25) is 0 Å². The molecule has 1 aliphatic heterocycles. The molecule has 2 heterocycles. The second-order valence-electron chi connectivity index (χ2n) is 6.60. The van der Waals surface area contributed by atoms with Gasteiger partial charge < -0.3 is 14.2 Å². The van der Waals surface area contributed by atoms with Gasteiger partial charge in [-0.3, -0.25) is 24.6 Å². The van der Waals surface area contributed by atoms with Gasteiger partial charge in [-0.25, -0.2) is 9.78 Å². The smallest absolute Gasteiger partial charge is 0.329 e. The standard InChI is InChI=1S/C21H19N3O8S/c1-4-31-20(26)12(2)23-19(25)17(33-21(23)27)10-13-5-7-15(16(9-13)30-3)32-18-8-6-14(11-22-18)24(28)29/h5-12H,4H2,1-3H3/b17-10+/t12-/m1/s1. The molecule has 0 N–H and O–H groups in total. The lowest BCUT2D eigenvalue weighted by Gasteiger charge is -2.19. The van der Waals surface area contributed by atoms with Crippen molar-refractivity contribution in [2.75, 3.05) is 13.7 Å². The number of imide groups is 1. The first kappa shape index (κ1) is 23.7. The van der Waals surface area contributed by atoms with E-state index in [2.05, 4.69) is 4.98 Å². The monoisotopic (exact) mass is 473 g/mol. The Balaban J connectivity index is 1.80. The Morgan fingerprint density at radius 2 is 2.03 bits per heavy atom. The summed E-state index contributed by atoms with van der Waals surface area (Å²) in [6.45, 7) is 3.20. The third kappa shape index (κ3) is 5.29. The Bertz CT molecular complexity index is 1130. The van der Waals surface area contributed by atoms with Crippen LogP contribution >= 0.6 is 11.8 Å². The van der Waals surface area contributed by atoms with Crippen molar-refractivity contribution in [3.63, 3.8) is 0 Å². The summed E-state index contributed by atoms with van der Waals surface area (Å²) in [5, 5.41) is 10.2. The lowest BCUT2D eigenvalue weighted by molar-refractivity contribution is -0.385. The van der Waals surface area contributed by atoms with Crippen LogP contribution in [0.25, 0.3) is 6.08 Å². The quantitative estimate of drug-likeness (QED) is 0.241. The van der Waals surface area contributed by atoms with Crippen molar-refractivity contribution in [1.29, 1.82) is 0 Å². The van der Waals surface area contributed by atoms with E-state index < -0.39 is 28.1 Å². The number of nitrogens with zero attached hydrogens (tertiary/aromatic N) is 3. The fraction of sp³-hybridized carbons (Fsp3) is 0.238. The molecule has 12 heteroatoms. The summed E-state index contributed by atoms with van der Waals surface area (Å²) in [5.41, 5.74) is 0.376. The van der Waals surface area contributed by atoms with Gasteiger partial charge in [0.2, 0.25) is 5.88 Å². The van der Waals surface area contributed by atoms with Gasteiger partial charge in [0.25, 0.3) is 16.8 Å². The number of pyridine rings is 1. The second kappa shape index (κ2) is 10.1. The maximum absolute atomic E-state index is 12.7. The van der Waals surface area contributed by atoms with Crippen LogP contribution in [0.3, 0.4) is 0 Å². The van der Waals surface area contributed by atoms with E-state index >= 15 is 0 Å². The maximum atomic E-state index is 12.7. The van der Waals surface area contributed by atoms with Crippen LogP contribution in [-0.4, -0.2) is 51.7 Å². The number of methoxy groups -OCH3 is 1. The molecule has 0 spiro atoms. The number of thioether (sulfide) groups is 1. The number of benzene rings is 1. The molecule has 0 bridgehead atoms. The van der Waals surface area contributed by atoms with E-state index in [4.69, 9.17) is 14.2 Å². The average Bonchev–Trinajstić information content (AvgIpc) is 3.07. The molecular weight excluding hydrogens is 454 g/mol. The molecule has 33 heavy (non-hydrogen) atoms. The zero-order valence-corrected chi connectivity index (χ0v) is 18.7. The molecule has 3 rings (SSSR count). The van der Waals surface area contributed by atoms with Gasteiger partial charge in [-0.15, -0.1) is 0 Å². The van der Waals surface area contributed by atoms with Gasteiger partial charge in [-0.2, -0.15) is 0 Å². The SMILES string of the molecule is CCOC(=O)[C@@H](C)N1C(=O)S/C(=C/c2ccc(Oc3ccc([N+](=O)[O-])cn3)c(OC)c2)C1=O. The topological polar surface area (TPSA) is 138 Å². The van der Waals surface area contributed by atoms with Crippen LogP contribution in [0.4, 0.5) is 10.5 Å². The van der Waals surface area contributed by atoms with Crippen LogP contribution in [0.5, 0.6) is 17.4 Å². The number of hydrogen-bond acceptors (Lipinski definition) is 10. The van der Waals surface area contributed by atoms with Gasteiger partial charge in [0.15, 0.2) is 11.5 Å². The van der Waals surface area contributed by atoms with Gasteiger partial charge in [0.05, 0.1) is 23.5 Å². The second-order valence-corrected chi connectivity index (χ2v) is 7.60. The number of hydrogen-bond donors (Lipinski definition) is 0. The highest BCUT2D eigenvalue weighted by Gasteiger charge is 2.41. The summed E-state index contributed by atoms with van der Waals surface area (Å²) in [6, 6.07) is 6.36. The van der Waals surface area contributed by atoms with E-state index in [9.17, 15) is 24.5 Å². The predicted octanol–water partition coefficient (Wildman–Crippen LogP) is 3.78. The average molecular weight is 473 g/mol. The van der Waals surface area contributed by atoms with Gasteiger partial charge in [0.1, 0.15) is 12.2 Å². The van der Waals surface area contributed by atoms with Crippen molar-refractivity contribution in [1.82, 2.24) is 9.88 Å². The number of esters is 1. The lowest BCUT2D eigenvalue weighted by Crippen LogP contribution is -2.42. The Hall–Kier alpha value is -3.93. The molecule has 2 amide bonds. The van der Waals surface area contributed by atoms with E-state index in [0.29, 0.717) is 17.1 Å². The largest absolute Gasteiger partial charge is 0.493 e. The molecule has 1 fully saturated rings. The molecule has 1 aromatic carbocycles. The van der Waals surface area contributed by atoms with Gasteiger partial charge in [-0.1, -0.05) is 6.07 Å². The number of carbonyl (C=O) groups is 3. The fourth-order valence-electron chi connectivity index (χ4n) is 2.85. The summed E-state index contributed by atoms with van der Waals surface area (Å²) in [4.78, 5) is 52.0. The zero-order valence-electron chi connectivity index (χ0n) is 17.8. The van der Waals surface area contributed by atoms with E-state index in [1.54, 1.807) is 25.1 Å². The van der Waals surface area contributed by atoms with Crippen molar-refractivity contribution in [2.45, 2.75) is 19.9 Å². The third-order valence-corrected chi connectivity index (χ3v) is 5.35. The number of rotatable bonds is 8. The first-order valence-corrected chi connectivity index (χ1v) is 10.5. The fourth-order valence-corrected chi connectivity index (χ4v) is 3.75. The highest BCUT2D eigenvalue weighted by Crippen LogP contribution is 2.36. The minimum atomic E-state index is -1.04. The van der Waals surface area contributed by atoms with Crippen molar-refractivity contribution >= 4 is 40.6 Å². The van der Waals surface area contributed by atoms with Gasteiger partial charge in [0, 0.05) is 12.1 Å². The summed E-state index contributed by atoms with van der Waals surface area (Å²) in [7, 11) is 1.42. The molecule has 1 aliphatic rings. The van der Waals surface area contributed by atoms with Gasteiger partial charge in [-0.05, 0) is 49.4 Å². The van der Waals surface area contributed by atoms with Crippen LogP contribution in [-0.2, 0) is 14.3 Å². The molecule has 0 unspecified atom stereocenters. The third-order valence-electron chi connectivity index (χ3n) is 4.47. The molecule has 172 valence electrons. The highest BCUT2D eigenvalue weighted by molar-refractivity contribution is 8.18. The summed E-state index contributed by atoms with van der Waals surface area (Å²) < 4.78 is 15.9. The molecule has 1 saturated heterocycles. The number of carbonyl (C=O) groups excluding carboxylic acids is 3. The van der Waals surface area contributed by atoms with Crippen molar-refractivity contribution in [3.05, 3.63) is 57.1 Å². The summed E-state index contributed by atoms with van der Waals surface area (Å²) in [5.74, 6) is -0.534. The zero-order chi connectivity index (χ0) is 24.1. The molecule has 1 aromatic heterocycles. The van der Waals surface area contributed by atoms with Crippen LogP contribution in [0, 0.1) is 10.1 Å². The first-order chi connectivity index (χ1) is 15.7. The highest BCUT2D eigenvalue weighted by atomic mass is 32.2. The molecule has 1 atom stereocenters. The number of aromatic nitrogens is 1. The van der Waals surface area contributed by atoms with Gasteiger partial charge >= 0.3 is 5.97 Å². The van der Waals surface area contributed by atoms with E-state index in [0.717, 1.165) is 22.9 Å². The normalized spacial score (nSPS) is 15.5. The Labute approximate surface area is 192 Å². The molecule has 2 aromatic rings. The van der Waals surface area contributed by atoms with Crippen molar-refractivity contribution in [3.8, 4) is 17.4 Å². The van der Waals surface area contributed by atoms with E-state index in [-0.39, 0.29) is 23.1 Å². The summed E-state index contributed by atoms with van der Waals surface area (Å²) >= 11 is 0.718. The number of ether oxygens (including phenoxy) is 3. The van der Waals surface area contributed by atoms with Crippen molar-refractivity contribution in [2.24, 2.45) is 0 Å². The van der Waals surface area contributed by atoms with Crippen LogP contribution in [0.15, 0.2) is 41.4 Å². The van der Waals surface area contributed by atoms with Crippen LogP contribution < -0.4 is 9.47 Å². The van der Waals surface area contributed by atoms with Crippen LogP contribution in [0.1, 0.15) is 19.4 Å². The molecule has 0 saturated carbocycles. The lowest BCUT2D eigenvalue weighted by atomic mass is 10.1. The molecule has 11 nitrogen and oxygen atoms in total. The maximum Gasteiger partial charge on any atom is 0.329 e. The predicted molar refractivity (Wildman–Crippen MR) is 118 cm³/mol. The Morgan fingerprint density at radius 3 is 2.64 bits per heavy atom.